The zero-order valence-electron chi connectivity index (χ0n) is 32.4. The van der Waals surface area contributed by atoms with Crippen molar-refractivity contribution in [3.8, 4) is 0 Å². The van der Waals surface area contributed by atoms with Gasteiger partial charge in [0.2, 0.25) is 0 Å². The first-order chi connectivity index (χ1) is 25.0. The van der Waals surface area contributed by atoms with Crippen LogP contribution >= 0.6 is 0 Å². The minimum absolute atomic E-state index is 0. The molecule has 302 valence electrons. The highest BCUT2D eigenvalue weighted by atomic mass is 16.5. The summed E-state index contributed by atoms with van der Waals surface area (Å²) in [5, 5.41) is 0. The normalized spacial score (nSPS) is 30.5. The van der Waals surface area contributed by atoms with E-state index in [0.717, 1.165) is 133 Å². The molecule has 9 nitrogen and oxygen atoms in total. The molecular weight excluding hydrogens is 672 g/mol. The maximum Gasteiger partial charge on any atom is 0.305 e. The Hall–Kier alpha value is -2.97. The second kappa shape index (κ2) is 23.1. The maximum absolute atomic E-state index is 11.4. The van der Waals surface area contributed by atoms with Crippen LogP contribution < -0.4 is 0 Å². The van der Waals surface area contributed by atoms with Gasteiger partial charge in [0.25, 0.3) is 0 Å². The summed E-state index contributed by atoms with van der Waals surface area (Å²) in [5.74, 6) is 6.59. The van der Waals surface area contributed by atoms with Crippen molar-refractivity contribution in [3.05, 3.63) is 37.0 Å². The Morgan fingerprint density at radius 3 is 1.36 bits per heavy atom. The van der Waals surface area contributed by atoms with Crippen LogP contribution in [-0.4, -0.2) is 57.5 Å². The van der Waals surface area contributed by atoms with Crippen molar-refractivity contribution in [2.24, 2.45) is 40.9 Å². The number of carbonyl (C=O) groups excluding carboxylic acids is 3. The number of esters is 3. The molecule has 0 radical (unpaired) electrons. The third kappa shape index (κ3) is 15.7. The van der Waals surface area contributed by atoms with Gasteiger partial charge in [-0.15, -0.1) is 0 Å². The van der Waals surface area contributed by atoms with Gasteiger partial charge >= 0.3 is 17.9 Å². The fourth-order valence-corrected chi connectivity index (χ4v) is 9.02. The monoisotopic (exact) mass is 745 g/mol. The number of cyclic esters (lactones) is 3. The first-order valence-corrected chi connectivity index (χ1v) is 20.4. The van der Waals surface area contributed by atoms with Gasteiger partial charge in [0, 0.05) is 38.5 Å². The standard InChI is InChI=1S/C16H26O3.C14H22O3.C13H20O3.CH4/c1-12-4-5-13(8-10-18-12)16(2,3)14-6-7-15(17)19-11-9-14;1-11-2-3-12(6-8-16-11)10-13-4-5-14(15)17-9-7-13;1-10-2-3-11(6-8-15-10)12-4-5-13(14)16-9-7-12;/h13-14H,1,4-11H2,2-3H3;12-13H,1-10H2;11-12H,1-9H2;1H4. The summed E-state index contributed by atoms with van der Waals surface area (Å²) in [5.41, 5.74) is 0.238. The van der Waals surface area contributed by atoms with Gasteiger partial charge in [-0.2, -0.15) is 0 Å². The van der Waals surface area contributed by atoms with E-state index in [1.807, 2.05) is 0 Å². The summed E-state index contributed by atoms with van der Waals surface area (Å²) in [4.78, 5) is 33.7. The Balaban J connectivity index is 0.000000213. The number of hydrogen-bond acceptors (Lipinski definition) is 9. The Bertz CT molecular complexity index is 1100. The van der Waals surface area contributed by atoms with Crippen molar-refractivity contribution in [3.63, 3.8) is 0 Å². The van der Waals surface area contributed by atoms with Gasteiger partial charge in [-0.25, -0.2) is 0 Å². The van der Waals surface area contributed by atoms with E-state index >= 15 is 0 Å². The van der Waals surface area contributed by atoms with Crippen LogP contribution in [0.15, 0.2) is 37.0 Å². The van der Waals surface area contributed by atoms with Gasteiger partial charge in [-0.1, -0.05) is 41.0 Å². The molecule has 6 aliphatic rings. The molecule has 0 N–H and O–H groups in total. The quantitative estimate of drug-likeness (QED) is 0.201. The van der Waals surface area contributed by atoms with Crippen molar-refractivity contribution >= 4 is 17.9 Å². The van der Waals surface area contributed by atoms with E-state index in [4.69, 9.17) is 28.4 Å². The number of allylic oxidation sites excluding steroid dienone is 3. The lowest BCUT2D eigenvalue weighted by Gasteiger charge is -2.40. The summed E-state index contributed by atoms with van der Waals surface area (Å²) in [6.07, 6.45) is 18.7. The predicted molar refractivity (Wildman–Crippen MR) is 207 cm³/mol. The Morgan fingerprint density at radius 1 is 0.453 bits per heavy atom. The Labute approximate surface area is 321 Å². The first kappa shape index (κ1) is 44.4. The summed E-state index contributed by atoms with van der Waals surface area (Å²) in [6.45, 7) is 20.6. The highest BCUT2D eigenvalue weighted by Crippen LogP contribution is 2.45. The SMILES string of the molecule is C.C=C1CCC(C(C)(C)C2CCOC(=O)CC2)CCO1.C=C1CCC(C2CCOC(=O)CC2)CCO1.C=C1CCC(CC2CCOC(=O)CC2)CCO1. The Morgan fingerprint density at radius 2 is 0.792 bits per heavy atom. The molecule has 6 heterocycles. The molecule has 6 saturated heterocycles. The molecule has 0 saturated carbocycles. The lowest BCUT2D eigenvalue weighted by molar-refractivity contribution is -0.143. The fraction of sp³-hybridized carbons (Fsp3) is 0.795. The van der Waals surface area contributed by atoms with Crippen molar-refractivity contribution in [1.29, 1.82) is 0 Å². The third-order valence-electron chi connectivity index (χ3n) is 12.7. The van der Waals surface area contributed by atoms with E-state index in [-0.39, 0.29) is 30.7 Å². The minimum atomic E-state index is -0.0316. The molecule has 6 unspecified atom stereocenters. The summed E-state index contributed by atoms with van der Waals surface area (Å²) < 4.78 is 31.9. The number of hydrogen-bond donors (Lipinski definition) is 0. The van der Waals surface area contributed by atoms with Crippen molar-refractivity contribution in [2.75, 3.05) is 39.6 Å². The van der Waals surface area contributed by atoms with Crippen LogP contribution in [0, 0.1) is 40.9 Å². The second-order valence-electron chi connectivity index (χ2n) is 16.5. The third-order valence-corrected chi connectivity index (χ3v) is 12.7. The zero-order chi connectivity index (χ0) is 37.3. The van der Waals surface area contributed by atoms with Crippen LogP contribution in [0.1, 0.15) is 143 Å². The van der Waals surface area contributed by atoms with Gasteiger partial charge in [-0.05, 0) is 124 Å². The lowest BCUT2D eigenvalue weighted by atomic mass is 9.64. The molecule has 0 aromatic carbocycles. The molecule has 9 heteroatoms. The summed E-state index contributed by atoms with van der Waals surface area (Å²) >= 11 is 0. The molecular formula is C44H72O9. The fourth-order valence-electron chi connectivity index (χ4n) is 9.02. The number of carbonyl (C=O) groups is 3. The molecule has 6 fully saturated rings. The molecule has 0 bridgehead atoms. The molecule has 6 atom stereocenters. The highest BCUT2D eigenvalue weighted by molar-refractivity contribution is 5.70. The van der Waals surface area contributed by atoms with E-state index < -0.39 is 0 Å². The van der Waals surface area contributed by atoms with Crippen LogP contribution in [0.2, 0.25) is 0 Å². The molecule has 0 aromatic heterocycles. The van der Waals surface area contributed by atoms with Crippen LogP contribution in [0.5, 0.6) is 0 Å². The van der Waals surface area contributed by atoms with Gasteiger partial charge in [0.1, 0.15) is 0 Å². The molecule has 0 amide bonds. The molecule has 0 spiro atoms. The van der Waals surface area contributed by atoms with E-state index in [0.29, 0.717) is 68.7 Å². The first-order valence-electron chi connectivity index (χ1n) is 20.4. The molecule has 0 aliphatic carbocycles. The van der Waals surface area contributed by atoms with Crippen LogP contribution in [-0.2, 0) is 42.8 Å². The van der Waals surface area contributed by atoms with Crippen molar-refractivity contribution in [2.45, 2.75) is 143 Å². The average molecular weight is 745 g/mol. The largest absolute Gasteiger partial charge is 0.499 e. The molecule has 6 rings (SSSR count). The Kier molecular flexibility index (Phi) is 19.3. The zero-order valence-corrected chi connectivity index (χ0v) is 32.4. The van der Waals surface area contributed by atoms with Crippen molar-refractivity contribution < 1.29 is 42.8 Å². The number of ether oxygens (including phenoxy) is 6. The van der Waals surface area contributed by atoms with Crippen LogP contribution in [0.25, 0.3) is 0 Å². The van der Waals surface area contributed by atoms with E-state index in [9.17, 15) is 14.4 Å². The molecule has 53 heavy (non-hydrogen) atoms. The van der Waals surface area contributed by atoms with Crippen LogP contribution in [0.3, 0.4) is 0 Å². The predicted octanol–water partition coefficient (Wildman–Crippen LogP) is 10.0. The average Bonchev–Trinajstić information content (AvgIpc) is 3.76. The lowest BCUT2D eigenvalue weighted by Crippen LogP contribution is -2.33. The van der Waals surface area contributed by atoms with E-state index in [1.54, 1.807) is 0 Å². The van der Waals surface area contributed by atoms with E-state index in [2.05, 4.69) is 33.6 Å². The molecule has 0 aromatic rings. The highest BCUT2D eigenvalue weighted by Gasteiger charge is 2.38. The van der Waals surface area contributed by atoms with Crippen molar-refractivity contribution in [1.82, 2.24) is 0 Å². The molecule has 6 aliphatic heterocycles. The minimum Gasteiger partial charge on any atom is -0.499 e. The van der Waals surface area contributed by atoms with Crippen LogP contribution in [0.4, 0.5) is 0 Å². The smallest absolute Gasteiger partial charge is 0.305 e. The topological polar surface area (TPSA) is 107 Å². The number of rotatable bonds is 5. The maximum atomic E-state index is 11.4. The van der Waals surface area contributed by atoms with Gasteiger partial charge in [-0.3, -0.25) is 14.4 Å². The summed E-state index contributed by atoms with van der Waals surface area (Å²) in [7, 11) is 0. The summed E-state index contributed by atoms with van der Waals surface area (Å²) in [6, 6.07) is 0. The second-order valence-corrected chi connectivity index (χ2v) is 16.5. The van der Waals surface area contributed by atoms with E-state index in [1.165, 1.54) is 12.8 Å². The van der Waals surface area contributed by atoms with Gasteiger partial charge in [0.15, 0.2) is 0 Å². The van der Waals surface area contributed by atoms with Gasteiger partial charge < -0.3 is 28.4 Å². The van der Waals surface area contributed by atoms with Gasteiger partial charge in [0.05, 0.1) is 56.9 Å².